The lowest BCUT2D eigenvalue weighted by molar-refractivity contribution is 0.322. The standard InChI is InChI=1S/C13H10ClNO4S/c14-11-3-7-13(8-4-11)20(17,18)19-12-5-1-10(2-6-12)9-15-16/h1-9,16H/b15-9-. The van der Waals surface area contributed by atoms with Crippen molar-refractivity contribution in [3.63, 3.8) is 0 Å². The van der Waals surface area contributed by atoms with Gasteiger partial charge in [0.1, 0.15) is 10.6 Å². The first-order chi connectivity index (χ1) is 9.51. The SMILES string of the molecule is O=S(=O)(Oc1ccc(/C=N\O)cc1)c1ccc(Cl)cc1. The maximum absolute atomic E-state index is 12.0. The van der Waals surface area contributed by atoms with Crippen molar-refractivity contribution in [3.05, 3.63) is 59.1 Å². The van der Waals surface area contributed by atoms with Gasteiger partial charge in [-0.1, -0.05) is 16.8 Å². The van der Waals surface area contributed by atoms with Gasteiger partial charge in [0.05, 0.1) is 6.21 Å². The minimum absolute atomic E-state index is 0.0166. The first-order valence-electron chi connectivity index (χ1n) is 5.49. The predicted molar refractivity (Wildman–Crippen MR) is 75.1 cm³/mol. The van der Waals surface area contributed by atoms with Crippen LogP contribution < -0.4 is 4.18 Å². The molecule has 0 aliphatic carbocycles. The van der Waals surface area contributed by atoms with E-state index in [9.17, 15) is 8.42 Å². The third-order valence-electron chi connectivity index (χ3n) is 2.40. The number of rotatable bonds is 4. The van der Waals surface area contributed by atoms with Crippen molar-refractivity contribution >= 4 is 27.9 Å². The average molecular weight is 312 g/mol. The van der Waals surface area contributed by atoms with Crippen LogP contribution in [0.15, 0.2) is 58.6 Å². The zero-order valence-electron chi connectivity index (χ0n) is 10.1. The van der Waals surface area contributed by atoms with Gasteiger partial charge >= 0.3 is 10.1 Å². The second-order valence-corrected chi connectivity index (χ2v) is 5.79. The van der Waals surface area contributed by atoms with Crippen molar-refractivity contribution in [1.82, 2.24) is 0 Å². The maximum atomic E-state index is 12.0. The summed E-state index contributed by atoms with van der Waals surface area (Å²) >= 11 is 5.70. The second kappa shape index (κ2) is 5.94. The van der Waals surface area contributed by atoms with Crippen molar-refractivity contribution < 1.29 is 17.8 Å². The fourth-order valence-electron chi connectivity index (χ4n) is 1.45. The summed E-state index contributed by atoms with van der Waals surface area (Å²) in [4.78, 5) is 0.0166. The van der Waals surface area contributed by atoms with Crippen LogP contribution in [-0.2, 0) is 10.1 Å². The number of oxime groups is 1. The van der Waals surface area contributed by atoms with Gasteiger partial charge in [0, 0.05) is 5.02 Å². The molecule has 2 aromatic rings. The van der Waals surface area contributed by atoms with E-state index >= 15 is 0 Å². The van der Waals surface area contributed by atoms with Gasteiger partial charge in [0.2, 0.25) is 0 Å². The largest absolute Gasteiger partial charge is 0.411 e. The molecular formula is C13H10ClNO4S. The Bertz CT molecular complexity index is 709. The first kappa shape index (κ1) is 14.4. The van der Waals surface area contributed by atoms with E-state index in [1.54, 1.807) is 12.1 Å². The number of nitrogens with zero attached hydrogens (tertiary/aromatic N) is 1. The first-order valence-corrected chi connectivity index (χ1v) is 7.27. The lowest BCUT2D eigenvalue weighted by Gasteiger charge is -2.07. The summed E-state index contributed by atoms with van der Waals surface area (Å²) in [5.74, 6) is 0.162. The molecule has 7 heteroatoms. The van der Waals surface area contributed by atoms with Gasteiger partial charge in [-0.2, -0.15) is 8.42 Å². The molecule has 0 radical (unpaired) electrons. The van der Waals surface area contributed by atoms with Gasteiger partial charge in [-0.05, 0) is 54.1 Å². The molecule has 0 aromatic heterocycles. The van der Waals surface area contributed by atoms with E-state index in [2.05, 4.69) is 5.16 Å². The van der Waals surface area contributed by atoms with Gasteiger partial charge in [-0.15, -0.1) is 0 Å². The fourth-order valence-corrected chi connectivity index (χ4v) is 2.51. The Hall–Kier alpha value is -2.05. The summed E-state index contributed by atoms with van der Waals surface area (Å²) in [5.41, 5.74) is 0.615. The second-order valence-electron chi connectivity index (χ2n) is 3.80. The van der Waals surface area contributed by atoms with Crippen LogP contribution in [0.5, 0.6) is 5.75 Å². The summed E-state index contributed by atoms with van der Waals surface area (Å²) in [6.45, 7) is 0. The van der Waals surface area contributed by atoms with E-state index < -0.39 is 10.1 Å². The van der Waals surface area contributed by atoms with E-state index in [0.717, 1.165) is 0 Å². The Labute approximate surface area is 121 Å². The van der Waals surface area contributed by atoms with Gasteiger partial charge in [0.15, 0.2) is 0 Å². The van der Waals surface area contributed by atoms with E-state index in [1.807, 2.05) is 0 Å². The van der Waals surface area contributed by atoms with Crippen LogP contribution in [0, 0.1) is 0 Å². The molecule has 0 saturated heterocycles. The molecule has 0 fully saturated rings. The molecule has 0 aliphatic heterocycles. The lowest BCUT2D eigenvalue weighted by atomic mass is 10.2. The van der Waals surface area contributed by atoms with Gasteiger partial charge in [-0.3, -0.25) is 0 Å². The van der Waals surface area contributed by atoms with Crippen LogP contribution in [0.25, 0.3) is 0 Å². The molecule has 20 heavy (non-hydrogen) atoms. The average Bonchev–Trinajstić information content (AvgIpc) is 2.41. The van der Waals surface area contributed by atoms with Crippen LogP contribution in [0.4, 0.5) is 0 Å². The smallest absolute Gasteiger partial charge is 0.339 e. The summed E-state index contributed by atoms with van der Waals surface area (Å²) in [5, 5.41) is 11.7. The molecule has 104 valence electrons. The quantitative estimate of drug-likeness (QED) is 0.408. The monoisotopic (exact) mass is 311 g/mol. The molecule has 2 aromatic carbocycles. The summed E-state index contributed by atoms with van der Waals surface area (Å²) < 4.78 is 29.0. The highest BCUT2D eigenvalue weighted by atomic mass is 35.5. The molecule has 0 spiro atoms. The Morgan fingerprint density at radius 3 is 2.20 bits per heavy atom. The molecule has 0 amide bonds. The summed E-state index contributed by atoms with van der Waals surface area (Å²) in [7, 11) is -3.90. The number of halogens is 1. The van der Waals surface area contributed by atoms with E-state index in [4.69, 9.17) is 21.0 Å². The zero-order valence-corrected chi connectivity index (χ0v) is 11.7. The van der Waals surface area contributed by atoms with Crippen LogP contribution in [-0.4, -0.2) is 19.8 Å². The highest BCUT2D eigenvalue weighted by molar-refractivity contribution is 7.87. The molecule has 0 saturated carbocycles. The van der Waals surface area contributed by atoms with Crippen LogP contribution in [0.3, 0.4) is 0 Å². The molecule has 0 atom stereocenters. The van der Waals surface area contributed by atoms with Crippen molar-refractivity contribution in [2.24, 2.45) is 5.16 Å². The zero-order chi connectivity index (χ0) is 14.6. The topological polar surface area (TPSA) is 76.0 Å². The van der Waals surface area contributed by atoms with Crippen molar-refractivity contribution in [1.29, 1.82) is 0 Å². The Morgan fingerprint density at radius 2 is 1.65 bits per heavy atom. The number of hydrogen-bond acceptors (Lipinski definition) is 5. The normalized spacial score (nSPS) is 11.7. The van der Waals surface area contributed by atoms with Gasteiger partial charge < -0.3 is 9.39 Å². The molecule has 0 bridgehead atoms. The Kier molecular flexibility index (Phi) is 4.26. The molecule has 0 aliphatic rings. The van der Waals surface area contributed by atoms with Crippen LogP contribution in [0.1, 0.15) is 5.56 Å². The third-order valence-corrected chi connectivity index (χ3v) is 3.91. The summed E-state index contributed by atoms with van der Waals surface area (Å²) in [6, 6.07) is 11.7. The Balaban J connectivity index is 2.21. The fraction of sp³-hybridized carbons (Fsp3) is 0. The molecule has 5 nitrogen and oxygen atoms in total. The maximum Gasteiger partial charge on any atom is 0.339 e. The molecular weight excluding hydrogens is 302 g/mol. The van der Waals surface area contributed by atoms with E-state index in [0.29, 0.717) is 10.6 Å². The molecule has 2 rings (SSSR count). The van der Waals surface area contributed by atoms with Gasteiger partial charge in [-0.25, -0.2) is 0 Å². The minimum Gasteiger partial charge on any atom is -0.411 e. The highest BCUT2D eigenvalue weighted by Crippen LogP contribution is 2.20. The molecule has 0 heterocycles. The number of benzene rings is 2. The minimum atomic E-state index is -3.90. The van der Waals surface area contributed by atoms with E-state index in [-0.39, 0.29) is 10.6 Å². The summed E-state index contributed by atoms with van der Waals surface area (Å²) in [6.07, 6.45) is 1.22. The van der Waals surface area contributed by atoms with Crippen molar-refractivity contribution in [2.75, 3.05) is 0 Å². The van der Waals surface area contributed by atoms with Crippen LogP contribution in [0.2, 0.25) is 5.02 Å². The van der Waals surface area contributed by atoms with Gasteiger partial charge in [0.25, 0.3) is 0 Å². The lowest BCUT2D eigenvalue weighted by Crippen LogP contribution is -2.09. The highest BCUT2D eigenvalue weighted by Gasteiger charge is 2.16. The predicted octanol–water partition coefficient (Wildman–Crippen LogP) is 2.92. The van der Waals surface area contributed by atoms with Crippen LogP contribution >= 0.6 is 11.6 Å². The third kappa shape index (κ3) is 3.49. The van der Waals surface area contributed by atoms with Crippen molar-refractivity contribution in [3.8, 4) is 5.75 Å². The number of hydrogen-bond donors (Lipinski definition) is 1. The van der Waals surface area contributed by atoms with Crippen molar-refractivity contribution in [2.45, 2.75) is 4.90 Å². The molecule has 1 N–H and O–H groups in total. The Morgan fingerprint density at radius 1 is 1.05 bits per heavy atom. The van der Waals surface area contributed by atoms with E-state index in [1.165, 1.54) is 42.6 Å². The molecule has 0 unspecified atom stereocenters.